The monoisotopic (exact) mass is 457 g/mol. The van der Waals surface area contributed by atoms with Crippen LogP contribution in [0.2, 0.25) is 0 Å². The van der Waals surface area contributed by atoms with E-state index in [0.29, 0.717) is 12.8 Å². The lowest BCUT2D eigenvalue weighted by molar-refractivity contribution is -0.144. The molecule has 174 valence electrons. The van der Waals surface area contributed by atoms with Crippen LogP contribution in [-0.4, -0.2) is 39.9 Å². The van der Waals surface area contributed by atoms with E-state index in [1.807, 2.05) is 51.1 Å². The summed E-state index contributed by atoms with van der Waals surface area (Å²) in [5.41, 5.74) is 1.15. The number of carbonyl (C=O) groups excluding carboxylic acids is 1. The van der Waals surface area contributed by atoms with Crippen LogP contribution in [0.5, 0.6) is 0 Å². The summed E-state index contributed by atoms with van der Waals surface area (Å²) in [6, 6.07) is 10.0. The van der Waals surface area contributed by atoms with Gasteiger partial charge in [-0.1, -0.05) is 32.0 Å². The number of nitrogens with zero attached hydrogens (tertiary/aromatic N) is 1. The molecule has 0 unspecified atom stereocenters. The molecule has 2 aliphatic rings. The van der Waals surface area contributed by atoms with E-state index in [4.69, 9.17) is 4.98 Å². The molecule has 7 heteroatoms. The molecule has 5 atom stereocenters. The summed E-state index contributed by atoms with van der Waals surface area (Å²) in [6.45, 7) is 8.11. The number of benzene rings is 1. The molecule has 1 aromatic heterocycles. The van der Waals surface area contributed by atoms with Crippen LogP contribution >= 0.6 is 11.3 Å². The fourth-order valence-electron chi connectivity index (χ4n) is 5.91. The molecule has 0 aliphatic heterocycles. The van der Waals surface area contributed by atoms with Crippen LogP contribution in [0.25, 0.3) is 0 Å². The number of hydrogen-bond acceptors (Lipinski definition) is 6. The lowest BCUT2D eigenvalue weighted by Gasteiger charge is -2.58. The van der Waals surface area contributed by atoms with E-state index >= 15 is 0 Å². The first-order valence-corrected chi connectivity index (χ1v) is 12.4. The third-order valence-electron chi connectivity index (χ3n) is 7.76. The van der Waals surface area contributed by atoms with Crippen LogP contribution in [0.4, 0.5) is 10.8 Å². The average molecular weight is 458 g/mol. The number of aromatic nitrogens is 1. The van der Waals surface area contributed by atoms with Gasteiger partial charge >= 0.3 is 0 Å². The zero-order valence-electron chi connectivity index (χ0n) is 19.4. The Morgan fingerprint density at radius 2 is 2.00 bits per heavy atom. The number of fused-ring (bicyclic) bond motifs is 2. The number of aliphatic hydroxyl groups is 2. The summed E-state index contributed by atoms with van der Waals surface area (Å²) < 4.78 is 0. The largest absolute Gasteiger partial charge is 0.396 e. The first-order chi connectivity index (χ1) is 15.2. The minimum absolute atomic E-state index is 0.0280. The van der Waals surface area contributed by atoms with E-state index in [2.05, 4.69) is 17.6 Å². The minimum Gasteiger partial charge on any atom is -0.396 e. The summed E-state index contributed by atoms with van der Waals surface area (Å²) in [5, 5.41) is 28.5. The molecule has 0 radical (unpaired) electrons. The average Bonchev–Trinajstić information content (AvgIpc) is 3.15. The summed E-state index contributed by atoms with van der Waals surface area (Å²) in [4.78, 5) is 19.0. The summed E-state index contributed by atoms with van der Waals surface area (Å²) in [7, 11) is 0. The summed E-state index contributed by atoms with van der Waals surface area (Å²) in [6.07, 6.45) is 2.01. The number of hydrogen-bond donors (Lipinski definition) is 4. The number of nitrogens with one attached hydrogen (secondary N) is 2. The van der Waals surface area contributed by atoms with Crippen molar-refractivity contribution < 1.29 is 15.0 Å². The van der Waals surface area contributed by atoms with Crippen molar-refractivity contribution in [3.63, 3.8) is 0 Å². The number of aliphatic hydroxyl groups excluding tert-OH is 2. The van der Waals surface area contributed by atoms with Gasteiger partial charge in [-0.05, 0) is 56.6 Å². The first-order valence-electron chi connectivity index (χ1n) is 11.6. The smallest absolute Gasteiger partial charge is 0.220 e. The van der Waals surface area contributed by atoms with E-state index in [1.165, 1.54) is 0 Å². The second kappa shape index (κ2) is 8.76. The van der Waals surface area contributed by atoms with Gasteiger partial charge in [0, 0.05) is 34.4 Å². The maximum Gasteiger partial charge on any atom is 0.220 e. The second-order valence-electron chi connectivity index (χ2n) is 10.3. The molecule has 0 spiro atoms. The maximum absolute atomic E-state index is 12.9. The topological polar surface area (TPSA) is 94.5 Å². The van der Waals surface area contributed by atoms with Crippen molar-refractivity contribution in [2.45, 2.75) is 71.4 Å². The molecule has 1 heterocycles. The van der Waals surface area contributed by atoms with Crippen LogP contribution in [0.15, 0.2) is 30.3 Å². The van der Waals surface area contributed by atoms with Gasteiger partial charge in [0.2, 0.25) is 5.91 Å². The van der Waals surface area contributed by atoms with Crippen molar-refractivity contribution in [1.29, 1.82) is 0 Å². The Hall–Kier alpha value is -1.96. The summed E-state index contributed by atoms with van der Waals surface area (Å²) >= 11 is 1.62. The Morgan fingerprint density at radius 3 is 2.66 bits per heavy atom. The molecule has 32 heavy (non-hydrogen) atoms. The second-order valence-corrected chi connectivity index (χ2v) is 11.4. The van der Waals surface area contributed by atoms with E-state index in [1.54, 1.807) is 11.3 Å². The lowest BCUT2D eigenvalue weighted by atomic mass is 9.47. The van der Waals surface area contributed by atoms with Crippen LogP contribution in [0, 0.1) is 16.7 Å². The zero-order chi connectivity index (χ0) is 23.1. The van der Waals surface area contributed by atoms with Crippen molar-refractivity contribution in [1.82, 2.24) is 10.3 Å². The van der Waals surface area contributed by atoms with Gasteiger partial charge in [0.1, 0.15) is 0 Å². The predicted octanol–water partition coefficient (Wildman–Crippen LogP) is 4.22. The van der Waals surface area contributed by atoms with Crippen LogP contribution in [0.3, 0.4) is 0 Å². The molecule has 4 N–H and O–H groups in total. The SMILES string of the molecule is CC(C)NC(=O)C[C@H]1c2nc(Nc3ccccc3)sc2C[C@H]2[C@](C)(CO)[C@H](O)CC[C@]21C. The number of thiazole rings is 1. The fourth-order valence-corrected chi connectivity index (χ4v) is 7.00. The number of amides is 1. The van der Waals surface area contributed by atoms with Crippen molar-refractivity contribution in [2.75, 3.05) is 11.9 Å². The third-order valence-corrected chi connectivity index (χ3v) is 8.77. The Morgan fingerprint density at radius 1 is 1.28 bits per heavy atom. The van der Waals surface area contributed by atoms with Gasteiger partial charge in [-0.2, -0.15) is 0 Å². The molecule has 1 fully saturated rings. The van der Waals surface area contributed by atoms with Crippen LogP contribution in [0.1, 0.15) is 63.4 Å². The number of anilines is 2. The van der Waals surface area contributed by atoms with Crippen molar-refractivity contribution in [3.8, 4) is 0 Å². The standard InChI is InChI=1S/C25H35N3O3S/c1-15(2)26-21(31)12-17-22-18(32-23(28-22)27-16-8-6-5-7-9-16)13-19-24(17,3)11-10-20(30)25(19,4)14-29/h5-9,15,17,19-20,29-30H,10-14H2,1-4H3,(H,26,31)(H,27,28)/t17-,19+,20+,24-,25-/m0/s1. The third kappa shape index (κ3) is 4.06. The van der Waals surface area contributed by atoms with E-state index in [9.17, 15) is 15.0 Å². The quantitative estimate of drug-likeness (QED) is 0.521. The number of rotatable bonds is 6. The molecular formula is C25H35N3O3S. The van der Waals surface area contributed by atoms with Gasteiger partial charge in [0.25, 0.3) is 0 Å². The van der Waals surface area contributed by atoms with Gasteiger partial charge in [0.15, 0.2) is 5.13 Å². The number of para-hydroxylation sites is 1. The Labute approximate surface area is 194 Å². The zero-order valence-corrected chi connectivity index (χ0v) is 20.2. The Balaban J connectivity index is 1.74. The van der Waals surface area contributed by atoms with Gasteiger partial charge in [-0.15, -0.1) is 11.3 Å². The lowest BCUT2D eigenvalue weighted by Crippen LogP contribution is -2.57. The Bertz CT molecular complexity index is 963. The maximum atomic E-state index is 12.9. The molecule has 1 aromatic carbocycles. The highest BCUT2D eigenvalue weighted by Gasteiger charge is 2.59. The van der Waals surface area contributed by atoms with Crippen molar-refractivity contribution >= 4 is 28.1 Å². The Kier molecular flexibility index (Phi) is 6.36. The van der Waals surface area contributed by atoms with E-state index < -0.39 is 11.5 Å². The van der Waals surface area contributed by atoms with Crippen LogP contribution in [-0.2, 0) is 11.2 Å². The molecule has 4 rings (SSSR count). The van der Waals surface area contributed by atoms with Gasteiger partial charge in [-0.25, -0.2) is 4.98 Å². The van der Waals surface area contributed by atoms with Crippen molar-refractivity contribution in [2.24, 2.45) is 16.7 Å². The molecule has 2 aromatic rings. The molecule has 0 bridgehead atoms. The van der Waals surface area contributed by atoms with Gasteiger partial charge < -0.3 is 20.8 Å². The molecule has 1 saturated carbocycles. The van der Waals surface area contributed by atoms with Gasteiger partial charge in [0.05, 0.1) is 18.4 Å². The van der Waals surface area contributed by atoms with E-state index in [-0.39, 0.29) is 35.8 Å². The molecule has 0 saturated heterocycles. The normalized spacial score (nSPS) is 31.7. The highest BCUT2D eigenvalue weighted by molar-refractivity contribution is 7.15. The molecule has 6 nitrogen and oxygen atoms in total. The summed E-state index contributed by atoms with van der Waals surface area (Å²) in [5.74, 6) is 0.0364. The van der Waals surface area contributed by atoms with E-state index in [0.717, 1.165) is 34.2 Å². The highest BCUT2D eigenvalue weighted by Crippen LogP contribution is 2.62. The molecule has 2 aliphatic carbocycles. The number of carbonyl (C=O) groups is 1. The van der Waals surface area contributed by atoms with Crippen LogP contribution < -0.4 is 10.6 Å². The predicted molar refractivity (Wildman–Crippen MR) is 128 cm³/mol. The minimum atomic E-state index is -0.603. The molecular weight excluding hydrogens is 422 g/mol. The fraction of sp³-hybridized carbons (Fsp3) is 0.600. The highest BCUT2D eigenvalue weighted by atomic mass is 32.1. The van der Waals surface area contributed by atoms with Crippen molar-refractivity contribution in [3.05, 3.63) is 40.9 Å². The molecule has 1 amide bonds. The van der Waals surface area contributed by atoms with Gasteiger partial charge in [-0.3, -0.25) is 4.79 Å². The first kappa shape index (κ1) is 23.2.